The van der Waals surface area contributed by atoms with Crippen molar-refractivity contribution in [2.45, 2.75) is 29.6 Å². The molecule has 1 fully saturated rings. The average molecular weight is 223 g/mol. The monoisotopic (exact) mass is 222 g/mol. The van der Waals surface area contributed by atoms with Crippen molar-refractivity contribution in [3.8, 4) is 0 Å². The van der Waals surface area contributed by atoms with Gasteiger partial charge >= 0.3 is 0 Å². The zero-order valence-electron chi connectivity index (χ0n) is 5.94. The zero-order chi connectivity index (χ0) is 8.59. The van der Waals surface area contributed by atoms with Crippen molar-refractivity contribution >= 4 is 15.9 Å². The van der Waals surface area contributed by atoms with E-state index in [0.717, 1.165) is 0 Å². The largest absolute Gasteiger partial charge is 0.389 e. The van der Waals surface area contributed by atoms with Crippen molar-refractivity contribution in [2.75, 3.05) is 0 Å². The lowest BCUT2D eigenvalue weighted by Gasteiger charge is -2.33. The maximum absolute atomic E-state index is 9.24. The Morgan fingerprint density at radius 2 is 1.82 bits per heavy atom. The smallest absolute Gasteiger partial charge is 0.111 e. The fourth-order valence-corrected chi connectivity index (χ4v) is 1.86. The average Bonchev–Trinajstić information content (AvgIpc) is 1.97. The summed E-state index contributed by atoms with van der Waals surface area (Å²) in [5.41, 5.74) is 0.560. The summed E-state index contributed by atoms with van der Waals surface area (Å²) in [6.45, 7) is 3.58. The fourth-order valence-electron chi connectivity index (χ4n) is 1.13. The van der Waals surface area contributed by atoms with Gasteiger partial charge in [0.1, 0.15) is 12.2 Å². The number of hydrogen-bond acceptors (Lipinski definition) is 3. The first kappa shape index (κ1) is 9.19. The molecule has 0 radical (unpaired) electrons. The van der Waals surface area contributed by atoms with Gasteiger partial charge in [-0.15, -0.1) is 0 Å². The molecule has 4 heteroatoms. The van der Waals surface area contributed by atoms with E-state index in [1.807, 2.05) is 0 Å². The van der Waals surface area contributed by atoms with Gasteiger partial charge in [0.15, 0.2) is 0 Å². The SMILES string of the molecule is C=C1C[C@H](Br)[C@@H](O)[C@H](O)[C@H]1O. The molecular formula is C7H11BrO3. The first-order chi connectivity index (χ1) is 5.04. The Labute approximate surface area is 73.5 Å². The lowest BCUT2D eigenvalue weighted by Crippen LogP contribution is -2.47. The van der Waals surface area contributed by atoms with Gasteiger partial charge in [0.05, 0.1) is 6.10 Å². The highest BCUT2D eigenvalue weighted by atomic mass is 79.9. The molecule has 0 unspecified atom stereocenters. The van der Waals surface area contributed by atoms with Crippen molar-refractivity contribution < 1.29 is 15.3 Å². The molecule has 3 nitrogen and oxygen atoms in total. The van der Waals surface area contributed by atoms with E-state index in [9.17, 15) is 15.3 Å². The predicted octanol–water partition coefficient (Wildman–Crippen LogP) is -0.208. The molecule has 1 aliphatic carbocycles. The van der Waals surface area contributed by atoms with Crippen molar-refractivity contribution in [3.63, 3.8) is 0 Å². The van der Waals surface area contributed by atoms with E-state index < -0.39 is 18.3 Å². The van der Waals surface area contributed by atoms with Gasteiger partial charge in [0.2, 0.25) is 0 Å². The van der Waals surface area contributed by atoms with E-state index in [2.05, 4.69) is 22.5 Å². The molecule has 0 aromatic carbocycles. The second-order valence-corrected chi connectivity index (χ2v) is 3.98. The van der Waals surface area contributed by atoms with Crippen LogP contribution in [0.4, 0.5) is 0 Å². The number of aliphatic hydroxyl groups excluding tert-OH is 3. The summed E-state index contributed by atoms with van der Waals surface area (Å²) in [4.78, 5) is -0.201. The Morgan fingerprint density at radius 1 is 1.27 bits per heavy atom. The summed E-state index contributed by atoms with van der Waals surface area (Å²) >= 11 is 3.18. The number of halogens is 1. The highest BCUT2D eigenvalue weighted by Gasteiger charge is 2.37. The molecule has 0 heterocycles. The van der Waals surface area contributed by atoms with Gasteiger partial charge in [-0.05, 0) is 12.0 Å². The van der Waals surface area contributed by atoms with Gasteiger partial charge in [0.25, 0.3) is 0 Å². The van der Waals surface area contributed by atoms with Gasteiger partial charge in [-0.1, -0.05) is 22.5 Å². The van der Waals surface area contributed by atoms with Crippen LogP contribution >= 0.6 is 15.9 Å². The molecule has 4 atom stereocenters. The van der Waals surface area contributed by atoms with E-state index in [1.54, 1.807) is 0 Å². The number of hydrogen-bond donors (Lipinski definition) is 3. The molecule has 64 valence electrons. The van der Waals surface area contributed by atoms with Gasteiger partial charge in [-0.25, -0.2) is 0 Å². The first-order valence-electron chi connectivity index (χ1n) is 3.40. The maximum Gasteiger partial charge on any atom is 0.111 e. The predicted molar refractivity (Wildman–Crippen MR) is 44.5 cm³/mol. The molecule has 0 aliphatic heterocycles. The van der Waals surface area contributed by atoms with Crippen molar-refractivity contribution in [1.29, 1.82) is 0 Å². The summed E-state index contributed by atoms with van der Waals surface area (Å²) in [7, 11) is 0. The van der Waals surface area contributed by atoms with Gasteiger partial charge < -0.3 is 15.3 Å². The lowest BCUT2D eigenvalue weighted by molar-refractivity contribution is -0.0583. The fraction of sp³-hybridized carbons (Fsp3) is 0.714. The van der Waals surface area contributed by atoms with Crippen LogP contribution in [0.3, 0.4) is 0 Å². The minimum Gasteiger partial charge on any atom is -0.389 e. The second kappa shape index (κ2) is 3.23. The summed E-state index contributed by atoms with van der Waals surface area (Å²) < 4.78 is 0. The molecule has 0 bridgehead atoms. The molecule has 11 heavy (non-hydrogen) atoms. The molecule has 0 aromatic heterocycles. The van der Waals surface area contributed by atoms with E-state index in [0.29, 0.717) is 12.0 Å². The van der Waals surface area contributed by atoms with Crippen molar-refractivity contribution in [2.24, 2.45) is 0 Å². The quantitative estimate of drug-likeness (QED) is 0.393. The Bertz CT molecular complexity index is 171. The first-order valence-corrected chi connectivity index (χ1v) is 4.31. The molecule has 3 N–H and O–H groups in total. The van der Waals surface area contributed by atoms with Crippen LogP contribution < -0.4 is 0 Å². The Hall–Kier alpha value is 0.1000. The molecule has 0 amide bonds. The lowest BCUT2D eigenvalue weighted by atomic mass is 9.88. The zero-order valence-corrected chi connectivity index (χ0v) is 7.53. The van der Waals surface area contributed by atoms with Gasteiger partial charge in [0, 0.05) is 4.83 Å². The maximum atomic E-state index is 9.24. The van der Waals surface area contributed by atoms with E-state index in [-0.39, 0.29) is 4.83 Å². The van der Waals surface area contributed by atoms with Crippen LogP contribution in [-0.2, 0) is 0 Å². The molecule has 0 saturated heterocycles. The third kappa shape index (κ3) is 1.64. The third-order valence-electron chi connectivity index (χ3n) is 1.92. The highest BCUT2D eigenvalue weighted by Crippen LogP contribution is 2.28. The third-order valence-corrected chi connectivity index (χ3v) is 2.78. The Morgan fingerprint density at radius 3 is 2.36 bits per heavy atom. The molecule has 1 aliphatic rings. The van der Waals surface area contributed by atoms with Gasteiger partial charge in [-0.2, -0.15) is 0 Å². The molecule has 1 rings (SSSR count). The topological polar surface area (TPSA) is 60.7 Å². The van der Waals surface area contributed by atoms with Crippen LogP contribution in [0, 0.1) is 0 Å². The summed E-state index contributed by atoms with van der Waals surface area (Å²) in [5.74, 6) is 0. The number of rotatable bonds is 0. The summed E-state index contributed by atoms with van der Waals surface area (Å²) in [6, 6.07) is 0. The molecular weight excluding hydrogens is 212 g/mol. The van der Waals surface area contributed by atoms with Crippen molar-refractivity contribution in [1.82, 2.24) is 0 Å². The highest BCUT2D eigenvalue weighted by molar-refractivity contribution is 9.09. The summed E-state index contributed by atoms with van der Waals surface area (Å²) in [5, 5.41) is 27.6. The minimum atomic E-state index is -1.11. The summed E-state index contributed by atoms with van der Waals surface area (Å²) in [6.07, 6.45) is -2.51. The van der Waals surface area contributed by atoms with Crippen LogP contribution in [0.5, 0.6) is 0 Å². The van der Waals surface area contributed by atoms with E-state index in [1.165, 1.54) is 0 Å². The van der Waals surface area contributed by atoms with E-state index >= 15 is 0 Å². The van der Waals surface area contributed by atoms with Crippen LogP contribution in [-0.4, -0.2) is 38.5 Å². The molecule has 0 aromatic rings. The van der Waals surface area contributed by atoms with E-state index in [4.69, 9.17) is 0 Å². The minimum absolute atomic E-state index is 0.201. The second-order valence-electron chi connectivity index (χ2n) is 2.80. The normalized spacial score (nSPS) is 46.0. The van der Waals surface area contributed by atoms with Crippen LogP contribution in [0.25, 0.3) is 0 Å². The Kier molecular flexibility index (Phi) is 2.70. The number of alkyl halides is 1. The standard InChI is InChI=1S/C7H11BrO3/c1-3-2-4(8)6(10)7(11)5(3)9/h4-7,9-11H,1-2H2/t4-,5-,6+,7+/m0/s1. The molecule has 0 spiro atoms. The Balaban J connectivity index is 2.70. The van der Waals surface area contributed by atoms with Crippen molar-refractivity contribution in [3.05, 3.63) is 12.2 Å². The van der Waals surface area contributed by atoms with Gasteiger partial charge in [-0.3, -0.25) is 0 Å². The number of aliphatic hydroxyl groups is 3. The van der Waals surface area contributed by atoms with Crippen LogP contribution in [0.15, 0.2) is 12.2 Å². The van der Waals surface area contributed by atoms with Crippen LogP contribution in [0.1, 0.15) is 6.42 Å². The molecule has 1 saturated carbocycles. The van der Waals surface area contributed by atoms with Crippen LogP contribution in [0.2, 0.25) is 0 Å².